The number of nitrogens with one attached hydrogen (secondary N) is 2. The summed E-state index contributed by atoms with van der Waals surface area (Å²) in [6, 6.07) is 3.71. The lowest BCUT2D eigenvalue weighted by molar-refractivity contribution is 0.134. The van der Waals surface area contributed by atoms with E-state index in [-0.39, 0.29) is 0 Å². The predicted octanol–water partition coefficient (Wildman–Crippen LogP) is 3.74. The number of amides is 2. The molecule has 0 spiro atoms. The zero-order chi connectivity index (χ0) is 16.9. The molecule has 6 heteroatoms. The maximum atomic E-state index is 13.5. The minimum Gasteiger partial charge on any atom is -0.338 e. The summed E-state index contributed by atoms with van der Waals surface area (Å²) in [5, 5.41) is 5.00. The lowest BCUT2D eigenvalue weighted by Crippen LogP contribution is -2.43. The summed E-state index contributed by atoms with van der Waals surface area (Å²) in [7, 11) is 0. The molecule has 1 aliphatic heterocycles. The Hall–Kier alpha value is -1.69. The normalized spacial score (nSPS) is 20.2. The van der Waals surface area contributed by atoms with Crippen LogP contribution in [0.25, 0.3) is 0 Å². The molecular weight excluding hydrogens is 312 g/mol. The van der Waals surface area contributed by atoms with Crippen LogP contribution in [0.2, 0.25) is 0 Å². The number of urea groups is 1. The zero-order valence-electron chi connectivity index (χ0n) is 13.9. The minimum absolute atomic E-state index is 0.397. The van der Waals surface area contributed by atoms with Crippen molar-refractivity contribution < 1.29 is 13.6 Å². The molecular formula is C18H25F2N3O. The van der Waals surface area contributed by atoms with Gasteiger partial charge in [0.1, 0.15) is 17.3 Å². The van der Waals surface area contributed by atoms with Crippen LogP contribution in [0.1, 0.15) is 38.5 Å². The van der Waals surface area contributed by atoms with Crippen LogP contribution in [0, 0.1) is 17.6 Å². The fourth-order valence-corrected chi connectivity index (χ4v) is 3.80. The quantitative estimate of drug-likeness (QED) is 0.879. The molecule has 2 aliphatic rings. The van der Waals surface area contributed by atoms with E-state index in [0.29, 0.717) is 12.5 Å². The van der Waals surface area contributed by atoms with Crippen LogP contribution in [-0.4, -0.2) is 36.6 Å². The van der Waals surface area contributed by atoms with Crippen LogP contribution in [-0.2, 0) is 0 Å². The molecule has 1 saturated heterocycles. The number of piperidine rings is 1. The number of hydrogen-bond acceptors (Lipinski definition) is 2. The molecule has 1 heterocycles. The maximum Gasteiger partial charge on any atom is 0.319 e. The van der Waals surface area contributed by atoms with E-state index in [2.05, 4.69) is 15.5 Å². The first kappa shape index (κ1) is 17.1. The Kier molecular flexibility index (Phi) is 5.66. The van der Waals surface area contributed by atoms with Crippen molar-refractivity contribution in [3.8, 4) is 0 Å². The van der Waals surface area contributed by atoms with Crippen LogP contribution in [0.4, 0.5) is 19.3 Å². The number of rotatable bonds is 4. The van der Waals surface area contributed by atoms with E-state index < -0.39 is 23.4 Å². The number of likely N-dealkylation sites (tertiary alicyclic amines) is 1. The van der Waals surface area contributed by atoms with Gasteiger partial charge >= 0.3 is 6.03 Å². The molecule has 24 heavy (non-hydrogen) atoms. The summed E-state index contributed by atoms with van der Waals surface area (Å²) in [6.45, 7) is 2.71. The molecule has 0 radical (unpaired) electrons. The van der Waals surface area contributed by atoms with Gasteiger partial charge in [-0.2, -0.15) is 0 Å². The van der Waals surface area contributed by atoms with Crippen molar-refractivity contribution in [3.63, 3.8) is 0 Å². The summed E-state index contributed by atoms with van der Waals surface area (Å²) in [5.41, 5.74) is -0.397. The Labute approximate surface area is 141 Å². The summed E-state index contributed by atoms with van der Waals surface area (Å²) in [5.74, 6) is -1.11. The van der Waals surface area contributed by atoms with Gasteiger partial charge in [-0.15, -0.1) is 0 Å². The van der Waals surface area contributed by atoms with Crippen molar-refractivity contribution in [1.29, 1.82) is 0 Å². The molecule has 2 N–H and O–H groups in total. The Morgan fingerprint density at radius 2 is 1.71 bits per heavy atom. The van der Waals surface area contributed by atoms with Crippen molar-refractivity contribution in [2.75, 3.05) is 25.0 Å². The van der Waals surface area contributed by atoms with Gasteiger partial charge in [0, 0.05) is 12.6 Å². The zero-order valence-corrected chi connectivity index (χ0v) is 13.9. The summed E-state index contributed by atoms with van der Waals surface area (Å²) < 4.78 is 27.0. The van der Waals surface area contributed by atoms with Gasteiger partial charge in [-0.05, 0) is 56.8 Å². The smallest absolute Gasteiger partial charge is 0.319 e. The SMILES string of the molecule is O=C(NCC1CCN(C2CCCC2)CC1)Nc1c(F)cccc1F. The lowest BCUT2D eigenvalue weighted by atomic mass is 9.95. The number of nitrogens with zero attached hydrogens (tertiary/aromatic N) is 1. The summed E-state index contributed by atoms with van der Waals surface area (Å²) in [6.07, 6.45) is 7.45. The molecule has 0 unspecified atom stereocenters. The third kappa shape index (κ3) is 4.23. The Bertz CT molecular complexity index is 547. The molecule has 132 valence electrons. The molecule has 4 nitrogen and oxygen atoms in total. The molecule has 0 atom stereocenters. The maximum absolute atomic E-state index is 13.5. The first-order valence-electron chi connectivity index (χ1n) is 8.86. The Balaban J connectivity index is 1.41. The highest BCUT2D eigenvalue weighted by Gasteiger charge is 2.27. The third-order valence-corrected chi connectivity index (χ3v) is 5.24. The van der Waals surface area contributed by atoms with Gasteiger partial charge in [-0.1, -0.05) is 18.9 Å². The van der Waals surface area contributed by atoms with Crippen LogP contribution >= 0.6 is 0 Å². The van der Waals surface area contributed by atoms with Gasteiger partial charge in [-0.25, -0.2) is 13.6 Å². The van der Waals surface area contributed by atoms with E-state index in [9.17, 15) is 13.6 Å². The summed E-state index contributed by atoms with van der Waals surface area (Å²) in [4.78, 5) is 14.4. The van der Waals surface area contributed by atoms with E-state index >= 15 is 0 Å². The number of hydrogen-bond donors (Lipinski definition) is 2. The first-order valence-corrected chi connectivity index (χ1v) is 8.86. The molecule has 1 aliphatic carbocycles. The predicted molar refractivity (Wildman–Crippen MR) is 89.9 cm³/mol. The first-order chi connectivity index (χ1) is 11.6. The van der Waals surface area contributed by atoms with Gasteiger partial charge in [-0.3, -0.25) is 0 Å². The highest BCUT2D eigenvalue weighted by Crippen LogP contribution is 2.27. The fourth-order valence-electron chi connectivity index (χ4n) is 3.80. The molecule has 2 amide bonds. The lowest BCUT2D eigenvalue weighted by Gasteiger charge is -2.36. The van der Waals surface area contributed by atoms with Crippen molar-refractivity contribution in [1.82, 2.24) is 10.2 Å². The van der Waals surface area contributed by atoms with Gasteiger partial charge in [0.25, 0.3) is 0 Å². The van der Waals surface area contributed by atoms with Crippen molar-refractivity contribution in [3.05, 3.63) is 29.8 Å². The van der Waals surface area contributed by atoms with Gasteiger partial charge in [0.05, 0.1) is 0 Å². The van der Waals surface area contributed by atoms with Crippen molar-refractivity contribution in [2.24, 2.45) is 5.92 Å². The Morgan fingerprint density at radius 3 is 2.33 bits per heavy atom. The third-order valence-electron chi connectivity index (χ3n) is 5.24. The van der Waals surface area contributed by atoms with Gasteiger partial charge in [0.15, 0.2) is 0 Å². The monoisotopic (exact) mass is 337 g/mol. The number of anilines is 1. The van der Waals surface area contributed by atoms with E-state index in [1.165, 1.54) is 31.7 Å². The Morgan fingerprint density at radius 1 is 1.08 bits per heavy atom. The number of halogens is 2. The van der Waals surface area contributed by atoms with E-state index in [1.807, 2.05) is 0 Å². The van der Waals surface area contributed by atoms with E-state index in [1.54, 1.807) is 0 Å². The van der Waals surface area contributed by atoms with E-state index in [0.717, 1.165) is 44.1 Å². The second kappa shape index (κ2) is 7.92. The number of carbonyl (C=O) groups excluding carboxylic acids is 1. The number of benzene rings is 1. The molecule has 1 saturated carbocycles. The molecule has 0 aromatic heterocycles. The average Bonchev–Trinajstić information content (AvgIpc) is 3.11. The summed E-state index contributed by atoms with van der Waals surface area (Å²) >= 11 is 0. The average molecular weight is 337 g/mol. The fraction of sp³-hybridized carbons (Fsp3) is 0.611. The topological polar surface area (TPSA) is 44.4 Å². The van der Waals surface area contributed by atoms with Gasteiger partial charge < -0.3 is 15.5 Å². The number of para-hydroxylation sites is 1. The molecule has 1 aromatic carbocycles. The van der Waals surface area contributed by atoms with Crippen LogP contribution in [0.3, 0.4) is 0 Å². The van der Waals surface area contributed by atoms with E-state index in [4.69, 9.17) is 0 Å². The van der Waals surface area contributed by atoms with Crippen molar-refractivity contribution >= 4 is 11.7 Å². The molecule has 3 rings (SSSR count). The van der Waals surface area contributed by atoms with Gasteiger partial charge in [0.2, 0.25) is 0 Å². The molecule has 0 bridgehead atoms. The minimum atomic E-state index is -0.768. The second-order valence-electron chi connectivity index (χ2n) is 6.85. The number of carbonyl (C=O) groups is 1. The molecule has 1 aromatic rings. The van der Waals surface area contributed by atoms with Crippen LogP contribution < -0.4 is 10.6 Å². The van der Waals surface area contributed by atoms with Crippen LogP contribution in [0.5, 0.6) is 0 Å². The highest BCUT2D eigenvalue weighted by molar-refractivity contribution is 5.89. The largest absolute Gasteiger partial charge is 0.338 e. The standard InChI is InChI=1S/C18H25F2N3O/c19-15-6-3-7-16(20)17(15)22-18(24)21-12-13-8-10-23(11-9-13)14-4-1-2-5-14/h3,6-7,13-14H,1-2,4-5,8-12H2,(H2,21,22,24). The van der Waals surface area contributed by atoms with Crippen LogP contribution in [0.15, 0.2) is 18.2 Å². The highest BCUT2D eigenvalue weighted by atomic mass is 19.1. The second-order valence-corrected chi connectivity index (χ2v) is 6.85. The molecule has 2 fully saturated rings. The van der Waals surface area contributed by atoms with Crippen molar-refractivity contribution in [2.45, 2.75) is 44.6 Å².